The molecular formula is C30H30ClF3N5O3S2+. The minimum Gasteiger partial charge on any atom is -0.363 e. The number of hydrogen-bond donors (Lipinski definition) is 2. The van der Waals surface area contributed by atoms with Crippen LogP contribution in [0.25, 0.3) is 11.3 Å². The van der Waals surface area contributed by atoms with E-state index in [9.17, 15) is 26.4 Å². The van der Waals surface area contributed by atoms with Crippen molar-refractivity contribution in [2.75, 3.05) is 11.9 Å². The van der Waals surface area contributed by atoms with Crippen LogP contribution >= 0.6 is 22.9 Å². The van der Waals surface area contributed by atoms with E-state index in [1.807, 2.05) is 13.0 Å². The van der Waals surface area contributed by atoms with Gasteiger partial charge in [-0.05, 0) is 67.4 Å². The summed E-state index contributed by atoms with van der Waals surface area (Å²) < 4.78 is 66.8. The maximum atomic E-state index is 13.8. The monoisotopic (exact) mass is 664 g/mol. The number of sulfonamides is 1. The fourth-order valence-corrected chi connectivity index (χ4v) is 9.20. The van der Waals surface area contributed by atoms with Crippen LogP contribution in [0.4, 0.5) is 23.8 Å². The summed E-state index contributed by atoms with van der Waals surface area (Å²) in [7, 11) is -4.12. The minimum absolute atomic E-state index is 0.0239. The van der Waals surface area contributed by atoms with Crippen LogP contribution in [-0.2, 0) is 22.7 Å². The van der Waals surface area contributed by atoms with Gasteiger partial charge in [-0.15, -0.1) is 15.2 Å². The Morgan fingerprint density at radius 2 is 1.91 bits per heavy atom. The number of pyridine rings is 2. The maximum Gasteiger partial charge on any atom is 0.432 e. The number of thiophene rings is 1. The molecule has 1 aliphatic heterocycles. The summed E-state index contributed by atoms with van der Waals surface area (Å²) in [5, 5.41) is 6.12. The number of nitrogens with zero attached hydrogens (tertiary/aromatic N) is 3. The van der Waals surface area contributed by atoms with Crippen molar-refractivity contribution in [3.05, 3.63) is 94.1 Å². The minimum atomic E-state index is -4.48. The molecule has 44 heavy (non-hydrogen) atoms. The number of carbonyl (C=O) groups is 1. The van der Waals surface area contributed by atoms with Crippen LogP contribution < -0.4 is 10.6 Å². The fourth-order valence-electron chi connectivity index (χ4n) is 5.41. The lowest BCUT2D eigenvalue weighted by atomic mass is 10.1. The lowest BCUT2D eigenvalue weighted by molar-refractivity contribution is -0.733. The van der Waals surface area contributed by atoms with Gasteiger partial charge in [-0.3, -0.25) is 4.98 Å². The third-order valence-corrected chi connectivity index (χ3v) is 11.9. The van der Waals surface area contributed by atoms with Crippen molar-refractivity contribution in [1.29, 1.82) is 0 Å². The van der Waals surface area contributed by atoms with Crippen LogP contribution in [0.5, 0.6) is 0 Å². The summed E-state index contributed by atoms with van der Waals surface area (Å²) in [6, 6.07) is 13.3. The number of benzene rings is 1. The van der Waals surface area contributed by atoms with Crippen molar-refractivity contribution < 1.29 is 30.3 Å². The second kappa shape index (κ2) is 12.5. The molecule has 3 aromatic heterocycles. The smallest absolute Gasteiger partial charge is 0.363 e. The van der Waals surface area contributed by atoms with Crippen molar-refractivity contribution in [3.63, 3.8) is 0 Å². The number of carbonyl (C=O) groups excluding carboxylic acids is 1. The Bertz CT molecular complexity index is 1750. The quantitative estimate of drug-likeness (QED) is 0.188. The molecule has 2 unspecified atom stereocenters. The molecule has 8 nitrogen and oxygen atoms in total. The van der Waals surface area contributed by atoms with E-state index in [4.69, 9.17) is 11.6 Å². The average Bonchev–Trinajstić information content (AvgIpc) is 3.62. The van der Waals surface area contributed by atoms with E-state index >= 15 is 0 Å². The van der Waals surface area contributed by atoms with Crippen molar-refractivity contribution in [1.82, 2.24) is 15.3 Å². The van der Waals surface area contributed by atoms with E-state index < -0.39 is 37.7 Å². The molecular weight excluding hydrogens is 635 g/mol. The topological polar surface area (TPSA) is 101 Å². The summed E-state index contributed by atoms with van der Waals surface area (Å²) in [6.45, 7) is 3.73. The molecule has 0 bridgehead atoms. The lowest BCUT2D eigenvalue weighted by Crippen LogP contribution is -2.62. The van der Waals surface area contributed by atoms with Crippen LogP contribution in [0.3, 0.4) is 0 Å². The normalized spacial score (nSPS) is 19.5. The Balaban J connectivity index is 1.46. The second-order valence-corrected chi connectivity index (χ2v) is 14.7. The number of likely N-dealkylation sites (tertiary alicyclic amines) is 1. The Labute approximate surface area is 262 Å². The van der Waals surface area contributed by atoms with E-state index in [2.05, 4.69) is 20.6 Å². The van der Waals surface area contributed by atoms with Gasteiger partial charge in [0.1, 0.15) is 18.4 Å². The number of hydrogen-bond acceptors (Lipinski definition) is 7. The Morgan fingerprint density at radius 1 is 1.16 bits per heavy atom. The summed E-state index contributed by atoms with van der Waals surface area (Å²) in [6.07, 6.45) is -0.00563. The van der Waals surface area contributed by atoms with Gasteiger partial charge >= 0.3 is 22.2 Å². The molecule has 4 aromatic rings. The van der Waals surface area contributed by atoms with Gasteiger partial charge in [0, 0.05) is 37.3 Å². The third kappa shape index (κ3) is 6.32. The molecule has 14 heteroatoms. The molecule has 2 amide bonds. The number of amides is 2. The zero-order valence-electron chi connectivity index (χ0n) is 23.8. The first-order chi connectivity index (χ1) is 20.8. The molecule has 0 aliphatic carbocycles. The first-order valence-electron chi connectivity index (χ1n) is 13.8. The van der Waals surface area contributed by atoms with Crippen molar-refractivity contribution in [2.45, 2.75) is 55.7 Å². The van der Waals surface area contributed by atoms with Gasteiger partial charge in [0.15, 0.2) is 4.21 Å². The van der Waals surface area contributed by atoms with E-state index in [1.54, 1.807) is 37.5 Å². The maximum absolute atomic E-state index is 13.8. The molecule has 3 atom stereocenters. The largest absolute Gasteiger partial charge is 0.432 e. The average molecular weight is 665 g/mol. The Kier molecular flexibility index (Phi) is 9.04. The van der Waals surface area contributed by atoms with Gasteiger partial charge in [0.05, 0.1) is 21.6 Å². The Hall–Kier alpha value is -3.52. The molecule has 0 saturated carbocycles. The highest BCUT2D eigenvalue weighted by Gasteiger charge is 2.57. The van der Waals surface area contributed by atoms with E-state index in [-0.39, 0.29) is 23.3 Å². The molecule has 232 valence electrons. The predicted octanol–water partition coefficient (Wildman–Crippen LogP) is 7.65. The van der Waals surface area contributed by atoms with Crippen LogP contribution in [0.1, 0.15) is 49.4 Å². The number of aromatic nitrogens is 2. The first kappa shape index (κ1) is 31.9. The number of anilines is 1. The van der Waals surface area contributed by atoms with Gasteiger partial charge in [-0.25, -0.2) is 9.78 Å². The summed E-state index contributed by atoms with van der Waals surface area (Å²) in [5.41, 5.74) is 1.50. The van der Waals surface area contributed by atoms with Crippen molar-refractivity contribution in [3.8, 4) is 11.3 Å². The number of urea groups is 1. The SMILES string of the molecule is CC(Nc1cc(CNC(=O)[N+]2(S(=O)(=O)c3ccc(Cl)s3)CCC[C@H]2C)cc(-c2ccc(C(F)(F)F)cc2)n1)c1cccnc1. The van der Waals surface area contributed by atoms with Crippen LogP contribution in [-0.4, -0.2) is 40.9 Å². The van der Waals surface area contributed by atoms with Crippen LogP contribution in [0.2, 0.25) is 4.34 Å². The highest BCUT2D eigenvalue weighted by atomic mass is 35.5. The molecule has 0 spiro atoms. The zero-order chi connectivity index (χ0) is 31.7. The number of rotatable bonds is 8. The molecule has 1 fully saturated rings. The number of halogens is 4. The van der Waals surface area contributed by atoms with Crippen molar-refractivity contribution in [2.24, 2.45) is 0 Å². The zero-order valence-corrected chi connectivity index (χ0v) is 26.2. The van der Waals surface area contributed by atoms with E-state index in [0.29, 0.717) is 39.8 Å². The summed E-state index contributed by atoms with van der Waals surface area (Å²) >= 11 is 6.95. The molecule has 2 N–H and O–H groups in total. The molecule has 1 saturated heterocycles. The number of alkyl halides is 3. The second-order valence-electron chi connectivity index (χ2n) is 10.7. The highest BCUT2D eigenvalue weighted by Crippen LogP contribution is 2.39. The molecule has 1 aromatic carbocycles. The van der Waals surface area contributed by atoms with Gasteiger partial charge in [0.2, 0.25) is 0 Å². The summed E-state index contributed by atoms with van der Waals surface area (Å²) in [4.78, 5) is 22.6. The van der Waals surface area contributed by atoms with Crippen LogP contribution in [0, 0.1) is 0 Å². The van der Waals surface area contributed by atoms with Crippen LogP contribution in [0.15, 0.2) is 77.3 Å². The number of quaternary nitrogens is 1. The summed E-state index contributed by atoms with van der Waals surface area (Å²) in [5.74, 6) is 0.419. The number of nitrogens with one attached hydrogen (secondary N) is 2. The van der Waals surface area contributed by atoms with Crippen molar-refractivity contribution >= 4 is 44.8 Å². The van der Waals surface area contributed by atoms with E-state index in [0.717, 1.165) is 29.0 Å². The third-order valence-electron chi connectivity index (χ3n) is 7.79. The molecule has 0 radical (unpaired) electrons. The molecule has 4 heterocycles. The van der Waals surface area contributed by atoms with Gasteiger partial charge in [0.25, 0.3) is 0 Å². The predicted molar refractivity (Wildman–Crippen MR) is 164 cm³/mol. The molecule has 1 aliphatic rings. The van der Waals surface area contributed by atoms with Gasteiger partial charge in [-0.1, -0.05) is 29.8 Å². The van der Waals surface area contributed by atoms with Gasteiger partial charge in [-0.2, -0.15) is 21.6 Å². The highest BCUT2D eigenvalue weighted by molar-refractivity contribution is 7.88. The standard InChI is InChI=1S/C30H29ClF3N5O3S2/c1-19-5-4-14-39(19,44(41,42)28-12-11-26(31)43-28)29(40)36-17-21-15-25(22-7-9-24(10-8-22)30(32,33)34)38-27(16-21)37-20(2)23-6-3-13-35-18-23/h3,6-13,15-16,18-20H,4-5,14,17H2,1-2H3,(H-,36,37,38,40)/p+1/t19-,20?,39?/m1/s1. The lowest BCUT2D eigenvalue weighted by Gasteiger charge is -2.33. The van der Waals surface area contributed by atoms with Gasteiger partial charge < -0.3 is 10.6 Å². The molecule has 5 rings (SSSR count). The first-order valence-corrected chi connectivity index (χ1v) is 16.5. The Morgan fingerprint density at radius 3 is 2.50 bits per heavy atom. The van der Waals surface area contributed by atoms with E-state index in [1.165, 1.54) is 24.3 Å². The fraction of sp³-hybridized carbons (Fsp3) is 0.300.